The molecule has 0 atom stereocenters. The van der Waals surface area contributed by atoms with Crippen molar-refractivity contribution in [2.45, 2.75) is 19.9 Å². The number of aromatic nitrogens is 2. The van der Waals surface area contributed by atoms with Gasteiger partial charge in [-0.3, -0.25) is 4.68 Å². The molecule has 0 radical (unpaired) electrons. The average molecular weight is 408 g/mol. The molecule has 1 aromatic carbocycles. The molecule has 0 saturated carbocycles. The molecule has 1 heterocycles. The van der Waals surface area contributed by atoms with E-state index < -0.39 is 0 Å². The van der Waals surface area contributed by atoms with Crippen LogP contribution in [0, 0.1) is 0 Å². The Morgan fingerprint density at radius 1 is 1.37 bits per heavy atom. The van der Waals surface area contributed by atoms with Gasteiger partial charge < -0.3 is 5.32 Å². The molecular weight excluding hydrogens is 393 g/mol. The molecule has 1 aromatic heterocycles. The van der Waals surface area contributed by atoms with E-state index in [4.69, 9.17) is 11.6 Å². The molecule has 0 spiro atoms. The summed E-state index contributed by atoms with van der Waals surface area (Å²) in [4.78, 5) is 0. The third-order valence-corrected chi connectivity index (χ3v) is 4.72. The van der Waals surface area contributed by atoms with Crippen LogP contribution in [0.5, 0.6) is 0 Å². The molecule has 2 rings (SSSR count). The Hall–Kier alpha value is -0.520. The molecule has 102 valence electrons. The second kappa shape index (κ2) is 6.29. The highest BCUT2D eigenvalue weighted by atomic mass is 79.9. The van der Waals surface area contributed by atoms with Gasteiger partial charge in [0.1, 0.15) is 0 Å². The Morgan fingerprint density at radius 3 is 2.74 bits per heavy atom. The number of aryl methyl sites for hydroxylation is 2. The predicted molar refractivity (Wildman–Crippen MR) is 86.8 cm³/mol. The zero-order valence-electron chi connectivity index (χ0n) is 10.7. The zero-order chi connectivity index (χ0) is 14.0. The van der Waals surface area contributed by atoms with Crippen molar-refractivity contribution >= 4 is 49.1 Å². The van der Waals surface area contributed by atoms with E-state index in [2.05, 4.69) is 49.2 Å². The molecule has 0 aliphatic rings. The third kappa shape index (κ3) is 3.33. The van der Waals surface area contributed by atoms with Crippen LogP contribution >= 0.6 is 43.5 Å². The summed E-state index contributed by atoms with van der Waals surface area (Å²) in [7, 11) is 1.95. The van der Waals surface area contributed by atoms with Crippen molar-refractivity contribution in [1.29, 1.82) is 0 Å². The van der Waals surface area contributed by atoms with Crippen molar-refractivity contribution in [2.75, 3.05) is 5.32 Å². The van der Waals surface area contributed by atoms with Gasteiger partial charge in [-0.25, -0.2) is 0 Å². The maximum Gasteiger partial charge on any atom is 0.0767 e. The standard InChI is InChI=1S/C13H14Br2ClN3/c1-3-10-13(15)12(19(2)18-10)7-17-11-6-8(16)4-5-9(11)14/h4-6,17H,3,7H2,1-2H3. The number of nitrogens with zero attached hydrogens (tertiary/aromatic N) is 2. The monoisotopic (exact) mass is 405 g/mol. The lowest BCUT2D eigenvalue weighted by Gasteiger charge is -2.09. The summed E-state index contributed by atoms with van der Waals surface area (Å²) < 4.78 is 3.96. The number of benzene rings is 1. The molecule has 0 aliphatic heterocycles. The van der Waals surface area contributed by atoms with Gasteiger partial charge in [0.25, 0.3) is 0 Å². The molecule has 0 amide bonds. The van der Waals surface area contributed by atoms with Gasteiger partial charge in [0.15, 0.2) is 0 Å². The quantitative estimate of drug-likeness (QED) is 0.791. The minimum Gasteiger partial charge on any atom is -0.378 e. The van der Waals surface area contributed by atoms with Gasteiger partial charge >= 0.3 is 0 Å². The summed E-state index contributed by atoms with van der Waals surface area (Å²) in [5, 5.41) is 8.55. The van der Waals surface area contributed by atoms with Gasteiger partial charge in [-0.1, -0.05) is 18.5 Å². The molecule has 0 bridgehead atoms. The molecule has 19 heavy (non-hydrogen) atoms. The molecule has 3 nitrogen and oxygen atoms in total. The van der Waals surface area contributed by atoms with Crippen LogP contribution < -0.4 is 5.32 Å². The normalized spacial score (nSPS) is 10.8. The molecular formula is C13H14Br2ClN3. The number of hydrogen-bond acceptors (Lipinski definition) is 2. The van der Waals surface area contributed by atoms with Crippen LogP contribution in [0.1, 0.15) is 18.3 Å². The van der Waals surface area contributed by atoms with E-state index in [1.807, 2.05) is 29.9 Å². The summed E-state index contributed by atoms with van der Waals surface area (Å²) in [5.74, 6) is 0. The SMILES string of the molecule is CCc1nn(C)c(CNc2cc(Cl)ccc2Br)c1Br. The first-order valence-corrected chi connectivity index (χ1v) is 7.88. The van der Waals surface area contributed by atoms with Crippen molar-refractivity contribution in [3.05, 3.63) is 43.6 Å². The molecule has 0 saturated heterocycles. The van der Waals surface area contributed by atoms with Gasteiger partial charge in [-0.05, 0) is 56.5 Å². The summed E-state index contributed by atoms with van der Waals surface area (Å²) in [6.07, 6.45) is 0.912. The number of hydrogen-bond donors (Lipinski definition) is 1. The first-order chi connectivity index (χ1) is 9.02. The fourth-order valence-corrected chi connectivity index (χ4v) is 3.14. The fourth-order valence-electron chi connectivity index (χ4n) is 1.82. The highest BCUT2D eigenvalue weighted by Crippen LogP contribution is 2.28. The Labute approximate surface area is 134 Å². The van der Waals surface area contributed by atoms with Crippen molar-refractivity contribution in [3.63, 3.8) is 0 Å². The molecule has 0 unspecified atom stereocenters. The second-order valence-electron chi connectivity index (χ2n) is 4.16. The van der Waals surface area contributed by atoms with E-state index in [9.17, 15) is 0 Å². The van der Waals surface area contributed by atoms with Crippen LogP contribution in [0.4, 0.5) is 5.69 Å². The van der Waals surface area contributed by atoms with Gasteiger partial charge in [-0.2, -0.15) is 5.10 Å². The van der Waals surface area contributed by atoms with Crippen LogP contribution in [0.15, 0.2) is 27.1 Å². The molecule has 2 aromatic rings. The smallest absolute Gasteiger partial charge is 0.0767 e. The maximum absolute atomic E-state index is 6.00. The molecule has 0 fully saturated rings. The van der Waals surface area contributed by atoms with Gasteiger partial charge in [-0.15, -0.1) is 0 Å². The van der Waals surface area contributed by atoms with E-state index in [0.717, 1.165) is 32.4 Å². The van der Waals surface area contributed by atoms with Crippen LogP contribution in [0.25, 0.3) is 0 Å². The zero-order valence-corrected chi connectivity index (χ0v) is 14.6. The minimum atomic E-state index is 0.684. The highest BCUT2D eigenvalue weighted by Gasteiger charge is 2.12. The predicted octanol–water partition coefficient (Wildman–Crippen LogP) is 4.77. The van der Waals surface area contributed by atoms with E-state index >= 15 is 0 Å². The largest absolute Gasteiger partial charge is 0.378 e. The summed E-state index contributed by atoms with van der Waals surface area (Å²) in [6, 6.07) is 5.68. The van der Waals surface area contributed by atoms with Gasteiger partial charge in [0, 0.05) is 16.5 Å². The Kier molecular flexibility index (Phi) is 4.92. The topological polar surface area (TPSA) is 29.9 Å². The first-order valence-electron chi connectivity index (χ1n) is 5.92. The molecule has 1 N–H and O–H groups in total. The fraction of sp³-hybridized carbons (Fsp3) is 0.308. The van der Waals surface area contributed by atoms with Gasteiger partial charge in [0.2, 0.25) is 0 Å². The van der Waals surface area contributed by atoms with Gasteiger partial charge in [0.05, 0.1) is 28.1 Å². The average Bonchev–Trinajstić information content (AvgIpc) is 2.66. The van der Waals surface area contributed by atoms with Crippen LogP contribution in [0.2, 0.25) is 5.02 Å². The summed E-state index contributed by atoms with van der Waals surface area (Å²) >= 11 is 13.1. The lowest BCUT2D eigenvalue weighted by molar-refractivity contribution is 0.706. The van der Waals surface area contributed by atoms with Crippen LogP contribution in [-0.2, 0) is 20.0 Å². The minimum absolute atomic E-state index is 0.684. The Bertz CT molecular complexity index is 596. The third-order valence-electron chi connectivity index (χ3n) is 2.88. The van der Waals surface area contributed by atoms with Crippen LogP contribution in [0.3, 0.4) is 0 Å². The number of halogens is 3. The van der Waals surface area contributed by atoms with Crippen molar-refractivity contribution in [1.82, 2.24) is 9.78 Å². The van der Waals surface area contributed by atoms with Crippen molar-refractivity contribution in [3.8, 4) is 0 Å². The van der Waals surface area contributed by atoms with E-state index in [1.54, 1.807) is 0 Å². The van der Waals surface area contributed by atoms with Crippen LogP contribution in [-0.4, -0.2) is 9.78 Å². The number of nitrogens with one attached hydrogen (secondary N) is 1. The summed E-state index contributed by atoms with van der Waals surface area (Å²) in [5.41, 5.74) is 3.16. The first kappa shape index (κ1) is 14.9. The Balaban J connectivity index is 2.19. The lowest BCUT2D eigenvalue weighted by atomic mass is 10.3. The molecule has 0 aliphatic carbocycles. The maximum atomic E-state index is 6.00. The highest BCUT2D eigenvalue weighted by molar-refractivity contribution is 9.11. The number of anilines is 1. The summed E-state index contributed by atoms with van der Waals surface area (Å²) in [6.45, 7) is 2.78. The van der Waals surface area contributed by atoms with Crippen molar-refractivity contribution < 1.29 is 0 Å². The van der Waals surface area contributed by atoms with E-state index in [1.165, 1.54) is 0 Å². The van der Waals surface area contributed by atoms with Crippen molar-refractivity contribution in [2.24, 2.45) is 7.05 Å². The van der Waals surface area contributed by atoms with E-state index in [0.29, 0.717) is 11.6 Å². The van der Waals surface area contributed by atoms with E-state index in [-0.39, 0.29) is 0 Å². The Morgan fingerprint density at radius 2 is 2.11 bits per heavy atom. The number of rotatable bonds is 4. The molecule has 6 heteroatoms. The lowest BCUT2D eigenvalue weighted by Crippen LogP contribution is -2.06. The second-order valence-corrected chi connectivity index (χ2v) is 6.25.